The number of ether oxygens (including phenoxy) is 3. The van der Waals surface area contributed by atoms with Crippen molar-refractivity contribution in [3.8, 4) is 17.2 Å². The van der Waals surface area contributed by atoms with Crippen molar-refractivity contribution in [3.63, 3.8) is 0 Å². The van der Waals surface area contributed by atoms with Crippen molar-refractivity contribution in [2.75, 3.05) is 32.2 Å². The van der Waals surface area contributed by atoms with Crippen LogP contribution in [0.5, 0.6) is 17.2 Å². The molecule has 1 N–H and O–H groups in total. The van der Waals surface area contributed by atoms with Crippen LogP contribution >= 0.6 is 11.6 Å². The summed E-state index contributed by atoms with van der Waals surface area (Å²) in [5.74, 6) is -0.244. The summed E-state index contributed by atoms with van der Waals surface area (Å²) < 4.78 is 45.9. The number of aryl methyl sites for hydroxylation is 1. The minimum absolute atomic E-state index is 0.0517. The zero-order chi connectivity index (χ0) is 33.5. The van der Waals surface area contributed by atoms with Gasteiger partial charge in [0.2, 0.25) is 11.8 Å². The van der Waals surface area contributed by atoms with E-state index in [1.165, 1.54) is 56.6 Å². The monoisotopic (exact) mass is 659 g/mol. The maximum atomic E-state index is 14.4. The number of carbonyl (C=O) groups excluding carboxylic acids is 2. The third kappa shape index (κ3) is 8.82. The van der Waals surface area contributed by atoms with Gasteiger partial charge in [-0.15, -0.1) is 0 Å². The van der Waals surface area contributed by atoms with Gasteiger partial charge in [0.15, 0.2) is 11.5 Å². The fourth-order valence-electron chi connectivity index (χ4n) is 4.86. The minimum atomic E-state index is -4.44. The molecule has 45 heavy (non-hydrogen) atoms. The van der Waals surface area contributed by atoms with E-state index in [1.807, 2.05) is 58.9 Å². The smallest absolute Gasteiger partial charge is 0.265 e. The summed E-state index contributed by atoms with van der Waals surface area (Å²) in [4.78, 5) is 29.2. The number of anilines is 1. The number of nitrogens with zero attached hydrogens (tertiary/aromatic N) is 2. The average Bonchev–Trinajstić information content (AvgIpc) is 2.98. The Morgan fingerprint density at radius 3 is 2.13 bits per heavy atom. The Balaban J connectivity index is 2.19. The van der Waals surface area contributed by atoms with Crippen LogP contribution in [0.4, 0.5) is 5.69 Å². The van der Waals surface area contributed by atoms with Crippen LogP contribution in [-0.4, -0.2) is 64.6 Å². The van der Waals surface area contributed by atoms with Crippen LogP contribution in [0.25, 0.3) is 0 Å². The fourth-order valence-corrected chi connectivity index (χ4v) is 6.45. The lowest BCUT2D eigenvalue weighted by atomic mass is 10.0. The van der Waals surface area contributed by atoms with E-state index in [2.05, 4.69) is 5.32 Å². The molecular weight excluding hydrogens is 618 g/mol. The summed E-state index contributed by atoms with van der Waals surface area (Å²) in [6, 6.07) is 15.3. The van der Waals surface area contributed by atoms with E-state index in [-0.39, 0.29) is 39.6 Å². The molecule has 3 aromatic carbocycles. The van der Waals surface area contributed by atoms with Gasteiger partial charge in [-0.3, -0.25) is 13.9 Å². The number of rotatable bonds is 13. The molecule has 0 bridgehead atoms. The first kappa shape index (κ1) is 35.5. The maximum Gasteiger partial charge on any atom is 0.265 e. The zero-order valence-corrected chi connectivity index (χ0v) is 28.6. The molecule has 244 valence electrons. The highest BCUT2D eigenvalue weighted by atomic mass is 35.5. The molecule has 2 amide bonds. The molecule has 1 atom stereocenters. The van der Waals surface area contributed by atoms with Gasteiger partial charge in [-0.2, -0.15) is 0 Å². The first-order chi connectivity index (χ1) is 21.1. The third-order valence-electron chi connectivity index (χ3n) is 6.95. The van der Waals surface area contributed by atoms with Gasteiger partial charge < -0.3 is 24.4 Å². The van der Waals surface area contributed by atoms with E-state index in [9.17, 15) is 18.0 Å². The molecule has 0 fully saturated rings. The summed E-state index contributed by atoms with van der Waals surface area (Å²) >= 11 is 6.34. The Kier molecular flexibility index (Phi) is 11.7. The highest BCUT2D eigenvalue weighted by molar-refractivity contribution is 7.92. The predicted octanol–water partition coefficient (Wildman–Crippen LogP) is 5.59. The quantitative estimate of drug-likeness (QED) is 0.254. The molecule has 3 aromatic rings. The highest BCUT2D eigenvalue weighted by Gasteiger charge is 2.36. The summed E-state index contributed by atoms with van der Waals surface area (Å²) in [6.45, 7) is 8.73. The molecule has 0 aliphatic rings. The third-order valence-corrected chi connectivity index (χ3v) is 8.94. The molecule has 0 saturated carbocycles. The van der Waals surface area contributed by atoms with Crippen molar-refractivity contribution < 1.29 is 32.2 Å². The van der Waals surface area contributed by atoms with Crippen molar-refractivity contribution in [1.82, 2.24) is 10.2 Å². The van der Waals surface area contributed by atoms with Crippen molar-refractivity contribution in [2.45, 2.75) is 64.1 Å². The second kappa shape index (κ2) is 14.9. The maximum absolute atomic E-state index is 14.4. The van der Waals surface area contributed by atoms with Crippen molar-refractivity contribution in [3.05, 3.63) is 76.8 Å². The van der Waals surface area contributed by atoms with Gasteiger partial charge in [0.25, 0.3) is 10.0 Å². The molecule has 0 aromatic heterocycles. The largest absolute Gasteiger partial charge is 0.495 e. The lowest BCUT2D eigenvalue weighted by Gasteiger charge is -2.35. The Morgan fingerprint density at radius 1 is 0.911 bits per heavy atom. The van der Waals surface area contributed by atoms with Crippen LogP contribution in [0.3, 0.4) is 0 Å². The van der Waals surface area contributed by atoms with E-state index in [4.69, 9.17) is 25.8 Å². The lowest BCUT2D eigenvalue weighted by molar-refractivity contribution is -0.141. The summed E-state index contributed by atoms with van der Waals surface area (Å²) in [5.41, 5.74) is 1.27. The number of halogens is 1. The molecule has 3 rings (SSSR count). The SMILES string of the molecule is CC[C@@H](C(=O)NC(C)(C)C)N(Cc1cccc(C)c1)C(=O)CN(c1cc(Cl)ccc1OC)S(=O)(=O)c1ccc(OC)c(OC)c1. The molecule has 0 aliphatic heterocycles. The molecular formula is C33H42ClN3O7S. The lowest BCUT2D eigenvalue weighted by Crippen LogP contribution is -2.55. The zero-order valence-electron chi connectivity index (χ0n) is 27.0. The topological polar surface area (TPSA) is 114 Å². The van der Waals surface area contributed by atoms with E-state index < -0.39 is 34.1 Å². The van der Waals surface area contributed by atoms with E-state index in [1.54, 1.807) is 6.07 Å². The summed E-state index contributed by atoms with van der Waals surface area (Å²) in [7, 11) is -0.211. The number of hydrogen-bond acceptors (Lipinski definition) is 7. The van der Waals surface area contributed by atoms with Crippen LogP contribution in [0.1, 0.15) is 45.2 Å². The molecule has 0 heterocycles. The first-order valence-electron chi connectivity index (χ1n) is 14.4. The van der Waals surface area contributed by atoms with E-state index in [0.29, 0.717) is 12.2 Å². The molecule has 0 radical (unpaired) electrons. The van der Waals surface area contributed by atoms with Crippen LogP contribution in [0.15, 0.2) is 65.6 Å². The molecule has 0 spiro atoms. The summed E-state index contributed by atoms with van der Waals surface area (Å²) in [6.07, 6.45) is 0.294. The van der Waals surface area contributed by atoms with Gasteiger partial charge in [0.05, 0.1) is 31.9 Å². The van der Waals surface area contributed by atoms with Crippen molar-refractivity contribution in [2.24, 2.45) is 0 Å². The number of sulfonamides is 1. The summed E-state index contributed by atoms with van der Waals surface area (Å²) in [5, 5.41) is 3.20. The van der Waals surface area contributed by atoms with E-state index in [0.717, 1.165) is 15.4 Å². The Labute approximate surface area is 271 Å². The van der Waals surface area contributed by atoms with Gasteiger partial charge in [-0.25, -0.2) is 8.42 Å². The van der Waals surface area contributed by atoms with Crippen LogP contribution in [0.2, 0.25) is 5.02 Å². The second-order valence-electron chi connectivity index (χ2n) is 11.5. The number of carbonyl (C=O) groups is 2. The normalized spacial score (nSPS) is 12.2. The van der Waals surface area contributed by atoms with Gasteiger partial charge in [-0.1, -0.05) is 48.4 Å². The number of benzene rings is 3. The predicted molar refractivity (Wildman–Crippen MR) is 176 cm³/mol. The first-order valence-corrected chi connectivity index (χ1v) is 16.2. The number of methoxy groups -OCH3 is 3. The van der Waals surface area contributed by atoms with E-state index >= 15 is 0 Å². The molecule has 0 unspecified atom stereocenters. The fraction of sp³-hybridized carbons (Fsp3) is 0.394. The minimum Gasteiger partial charge on any atom is -0.495 e. The Hall–Kier alpha value is -3.96. The number of hydrogen-bond donors (Lipinski definition) is 1. The Morgan fingerprint density at radius 2 is 1.56 bits per heavy atom. The van der Waals surface area contributed by atoms with Gasteiger partial charge in [0, 0.05) is 23.2 Å². The van der Waals surface area contributed by atoms with Crippen molar-refractivity contribution >= 4 is 39.1 Å². The highest BCUT2D eigenvalue weighted by Crippen LogP contribution is 2.37. The molecule has 0 saturated heterocycles. The molecule has 10 nitrogen and oxygen atoms in total. The van der Waals surface area contributed by atoms with Gasteiger partial charge in [-0.05, 0) is 70.0 Å². The Bertz CT molecular complexity index is 1620. The van der Waals surface area contributed by atoms with Crippen molar-refractivity contribution in [1.29, 1.82) is 0 Å². The van der Waals surface area contributed by atoms with Gasteiger partial charge in [0.1, 0.15) is 18.3 Å². The van der Waals surface area contributed by atoms with Crippen LogP contribution in [-0.2, 0) is 26.2 Å². The average molecular weight is 660 g/mol. The number of amides is 2. The van der Waals surface area contributed by atoms with Crippen LogP contribution < -0.4 is 23.8 Å². The number of nitrogens with one attached hydrogen (secondary N) is 1. The van der Waals surface area contributed by atoms with Gasteiger partial charge >= 0.3 is 0 Å². The standard InChI is InChI=1S/C33H42ClN3O7S/c1-9-26(32(39)35-33(3,4)5)36(20-23-12-10-11-22(2)17-23)31(38)21-37(27-18-24(34)13-15-28(27)42-6)45(40,41)25-14-16-29(43-7)30(19-25)44-8/h10-19,26H,9,20-21H2,1-8H3,(H,35,39)/t26-/m0/s1. The van der Waals surface area contributed by atoms with Crippen LogP contribution in [0, 0.1) is 6.92 Å². The molecule has 12 heteroatoms. The second-order valence-corrected chi connectivity index (χ2v) is 13.8. The molecule has 0 aliphatic carbocycles.